The Hall–Kier alpha value is -1.51. The first-order chi connectivity index (χ1) is 14.7. The molecule has 4 aliphatic heterocycles. The number of carboxylic acid groups (broad SMARTS) is 1. The minimum atomic E-state index is -0.920. The van der Waals surface area contributed by atoms with E-state index in [0.717, 1.165) is 36.8 Å². The smallest absolute Gasteiger partial charge is 0.335 e. The SMILES string of the molecule is Cc1cc(CO[C@H]2O[C@@H]3O[C@@]4(C)CC[C@H]5[C@H](C)CC[C@@H]([C@H]2C)[C@@]35OO4)ccc1C(=O)O. The number of ether oxygens (including phenoxy) is 3. The molecule has 1 aromatic rings. The second-order valence-electron chi connectivity index (χ2n) is 10.0. The fraction of sp³-hybridized carbons (Fsp3) is 0.708. The maximum atomic E-state index is 11.3. The standard InChI is InChI=1S/C24H32O7/c1-13-5-8-19-15(3)21(27-12-16-6-7-17(20(25)26)14(2)11-16)28-22-24(19)18(13)9-10-23(4,29-22)30-31-24/h6-7,11,13,15,18-19,21-22H,5,8-10,12H2,1-4H3,(H,25,26)/t13-,15-,18+,19+,21+,22-,23-,24-/m1/s1. The molecule has 1 N–H and O–H groups in total. The Labute approximate surface area is 182 Å². The number of rotatable bonds is 4. The van der Waals surface area contributed by atoms with Crippen LogP contribution in [-0.4, -0.2) is 35.0 Å². The monoisotopic (exact) mass is 432 g/mol. The van der Waals surface area contributed by atoms with Crippen molar-refractivity contribution in [3.05, 3.63) is 34.9 Å². The second-order valence-corrected chi connectivity index (χ2v) is 10.0. The number of hydrogen-bond donors (Lipinski definition) is 1. The van der Waals surface area contributed by atoms with Crippen LogP contribution in [0.15, 0.2) is 18.2 Å². The number of fused-ring (bicyclic) bond motifs is 2. The van der Waals surface area contributed by atoms with Gasteiger partial charge in [-0.3, -0.25) is 0 Å². The zero-order valence-corrected chi connectivity index (χ0v) is 18.6. The summed E-state index contributed by atoms with van der Waals surface area (Å²) in [4.78, 5) is 23.3. The van der Waals surface area contributed by atoms with E-state index in [-0.39, 0.29) is 11.8 Å². The summed E-state index contributed by atoms with van der Waals surface area (Å²) in [6.45, 7) is 8.52. The van der Waals surface area contributed by atoms with Crippen LogP contribution in [0.25, 0.3) is 0 Å². The van der Waals surface area contributed by atoms with Crippen molar-refractivity contribution < 1.29 is 33.9 Å². The average molecular weight is 433 g/mol. The van der Waals surface area contributed by atoms with Crippen LogP contribution in [0, 0.1) is 30.6 Å². The molecule has 1 aliphatic carbocycles. The summed E-state index contributed by atoms with van der Waals surface area (Å²) in [5.74, 6) is -0.536. The fourth-order valence-electron chi connectivity index (χ4n) is 6.30. The Kier molecular flexibility index (Phi) is 5.18. The highest BCUT2D eigenvalue weighted by atomic mass is 17.3. The summed E-state index contributed by atoms with van der Waals surface area (Å²) in [6.07, 6.45) is 3.00. The second kappa shape index (κ2) is 7.52. The van der Waals surface area contributed by atoms with Gasteiger partial charge in [-0.1, -0.05) is 26.0 Å². The lowest BCUT2D eigenvalue weighted by Crippen LogP contribution is -2.70. The quantitative estimate of drug-likeness (QED) is 0.705. The van der Waals surface area contributed by atoms with Crippen molar-refractivity contribution in [1.82, 2.24) is 0 Å². The average Bonchev–Trinajstić information content (AvgIpc) is 2.95. The Morgan fingerprint density at radius 2 is 2.00 bits per heavy atom. The Bertz CT molecular complexity index is 871. The van der Waals surface area contributed by atoms with E-state index in [0.29, 0.717) is 24.0 Å². The first kappa shape index (κ1) is 21.3. The minimum absolute atomic E-state index is 0.111. The molecule has 4 heterocycles. The van der Waals surface area contributed by atoms with Crippen LogP contribution in [-0.2, 0) is 30.6 Å². The molecule has 6 rings (SSSR count). The van der Waals surface area contributed by atoms with Crippen LogP contribution < -0.4 is 0 Å². The molecule has 7 nitrogen and oxygen atoms in total. The van der Waals surface area contributed by atoms with Gasteiger partial charge < -0.3 is 19.3 Å². The van der Waals surface area contributed by atoms with Crippen LogP contribution in [0.1, 0.15) is 67.9 Å². The van der Waals surface area contributed by atoms with Gasteiger partial charge in [-0.15, -0.1) is 0 Å². The van der Waals surface area contributed by atoms with E-state index < -0.39 is 29.9 Å². The summed E-state index contributed by atoms with van der Waals surface area (Å²) in [5, 5.41) is 9.24. The predicted octanol–water partition coefficient (Wildman–Crippen LogP) is 4.42. The van der Waals surface area contributed by atoms with Gasteiger partial charge in [0.15, 0.2) is 18.2 Å². The molecule has 0 radical (unpaired) electrons. The zero-order valence-electron chi connectivity index (χ0n) is 18.6. The molecule has 5 fully saturated rings. The number of carbonyl (C=O) groups is 1. The van der Waals surface area contributed by atoms with Crippen LogP contribution in [0.2, 0.25) is 0 Å². The summed E-state index contributed by atoms with van der Waals surface area (Å²) >= 11 is 0. The van der Waals surface area contributed by atoms with E-state index in [1.165, 1.54) is 0 Å². The lowest BCUT2D eigenvalue weighted by Gasteiger charge is -2.60. The molecule has 0 amide bonds. The summed E-state index contributed by atoms with van der Waals surface area (Å²) in [6, 6.07) is 5.29. The van der Waals surface area contributed by atoms with Crippen molar-refractivity contribution >= 4 is 5.97 Å². The zero-order chi connectivity index (χ0) is 22.0. The summed E-state index contributed by atoms with van der Waals surface area (Å²) in [5.41, 5.74) is 1.36. The van der Waals surface area contributed by atoms with Crippen molar-refractivity contribution in [3.63, 3.8) is 0 Å². The number of benzene rings is 1. The molecule has 2 bridgehead atoms. The van der Waals surface area contributed by atoms with Gasteiger partial charge in [0.2, 0.25) is 5.79 Å². The third kappa shape index (κ3) is 3.33. The minimum Gasteiger partial charge on any atom is -0.478 e. The summed E-state index contributed by atoms with van der Waals surface area (Å²) in [7, 11) is 0. The largest absolute Gasteiger partial charge is 0.478 e. The number of aromatic carboxylic acids is 1. The third-order valence-electron chi connectivity index (χ3n) is 8.03. The molecule has 0 unspecified atom stereocenters. The van der Waals surface area contributed by atoms with E-state index >= 15 is 0 Å². The normalized spacial score (nSPS) is 43.9. The maximum absolute atomic E-state index is 11.3. The highest BCUT2D eigenvalue weighted by Crippen LogP contribution is 2.60. The van der Waals surface area contributed by atoms with E-state index in [2.05, 4.69) is 13.8 Å². The van der Waals surface area contributed by atoms with Gasteiger partial charge in [0.25, 0.3) is 0 Å². The van der Waals surface area contributed by atoms with E-state index in [4.69, 9.17) is 24.0 Å². The molecule has 0 aromatic heterocycles. The van der Waals surface area contributed by atoms with Crippen molar-refractivity contribution in [3.8, 4) is 0 Å². The van der Waals surface area contributed by atoms with Crippen LogP contribution in [0.3, 0.4) is 0 Å². The van der Waals surface area contributed by atoms with Crippen LogP contribution in [0.5, 0.6) is 0 Å². The molecular formula is C24H32O7. The van der Waals surface area contributed by atoms with Gasteiger partial charge in [-0.05, 0) is 62.1 Å². The van der Waals surface area contributed by atoms with E-state index in [9.17, 15) is 9.90 Å². The first-order valence-electron chi connectivity index (χ1n) is 11.4. The molecule has 7 heteroatoms. The molecule has 170 valence electrons. The molecule has 1 aromatic carbocycles. The number of hydrogen-bond acceptors (Lipinski definition) is 6. The molecule has 8 atom stereocenters. The predicted molar refractivity (Wildman–Crippen MR) is 110 cm³/mol. The maximum Gasteiger partial charge on any atom is 0.335 e. The van der Waals surface area contributed by atoms with Gasteiger partial charge in [-0.25, -0.2) is 14.6 Å². The van der Waals surface area contributed by atoms with Crippen molar-refractivity contribution in [2.75, 3.05) is 0 Å². The van der Waals surface area contributed by atoms with Gasteiger partial charge in [-0.2, -0.15) is 0 Å². The lowest BCUT2D eigenvalue weighted by atomic mass is 9.58. The first-order valence-corrected chi connectivity index (χ1v) is 11.4. The van der Waals surface area contributed by atoms with Gasteiger partial charge >= 0.3 is 5.97 Å². The Morgan fingerprint density at radius 1 is 1.19 bits per heavy atom. The van der Waals surface area contributed by atoms with E-state index in [1.54, 1.807) is 19.1 Å². The fourth-order valence-corrected chi connectivity index (χ4v) is 6.30. The molecule has 1 spiro atoms. The Morgan fingerprint density at radius 3 is 2.74 bits per heavy atom. The molecule has 1 saturated carbocycles. The molecule has 31 heavy (non-hydrogen) atoms. The van der Waals surface area contributed by atoms with Gasteiger partial charge in [0.1, 0.15) is 0 Å². The highest BCUT2D eigenvalue weighted by Gasteiger charge is 2.69. The van der Waals surface area contributed by atoms with Crippen LogP contribution >= 0.6 is 0 Å². The highest BCUT2D eigenvalue weighted by molar-refractivity contribution is 5.89. The molecule has 4 saturated heterocycles. The van der Waals surface area contributed by atoms with E-state index in [1.807, 2.05) is 13.0 Å². The molecule has 5 aliphatic rings. The van der Waals surface area contributed by atoms with Crippen molar-refractivity contribution in [1.29, 1.82) is 0 Å². The topological polar surface area (TPSA) is 83.5 Å². The third-order valence-corrected chi connectivity index (χ3v) is 8.03. The Balaban J connectivity index is 1.37. The van der Waals surface area contributed by atoms with Crippen molar-refractivity contribution in [2.24, 2.45) is 23.7 Å². The number of carboxylic acids is 1. The van der Waals surface area contributed by atoms with Gasteiger partial charge in [0.05, 0.1) is 12.2 Å². The van der Waals surface area contributed by atoms with Gasteiger partial charge in [0, 0.05) is 18.3 Å². The van der Waals surface area contributed by atoms with Crippen molar-refractivity contribution in [2.45, 2.75) is 84.0 Å². The lowest BCUT2D eigenvalue weighted by molar-refractivity contribution is -0.577. The number of aryl methyl sites for hydroxylation is 1. The molecular weight excluding hydrogens is 400 g/mol. The van der Waals surface area contributed by atoms with Crippen LogP contribution in [0.4, 0.5) is 0 Å². The summed E-state index contributed by atoms with van der Waals surface area (Å²) < 4.78 is 19.0.